The van der Waals surface area contributed by atoms with Crippen LogP contribution in [-0.2, 0) is 47.6 Å². The van der Waals surface area contributed by atoms with Gasteiger partial charge in [0, 0.05) is 0 Å². The fourth-order valence-electron chi connectivity index (χ4n) is 8.04. The molecule has 4 fully saturated rings. The maximum Gasteiger partial charge on any atom is 0.309 e. The number of hydrogen-bond acceptors (Lipinski definition) is 10. The smallest absolute Gasteiger partial charge is 0.309 e. The minimum Gasteiger partial charge on any atom is -0.465 e. The quantitative estimate of drug-likeness (QED) is 0.0319. The molecular formula is C42H70O10. The van der Waals surface area contributed by atoms with Crippen LogP contribution in [-0.4, -0.2) is 74.7 Å². The second-order valence-corrected chi connectivity index (χ2v) is 15.8. The highest BCUT2D eigenvalue weighted by Crippen LogP contribution is 2.45. The summed E-state index contributed by atoms with van der Waals surface area (Å²) in [4.78, 5) is 52.1. The van der Waals surface area contributed by atoms with E-state index in [0.717, 1.165) is 38.5 Å². The first-order chi connectivity index (χ1) is 25.4. The lowest BCUT2D eigenvalue weighted by Gasteiger charge is -2.26. The van der Waals surface area contributed by atoms with Crippen molar-refractivity contribution in [2.45, 2.75) is 192 Å². The van der Waals surface area contributed by atoms with Gasteiger partial charge in [-0.05, 0) is 51.4 Å². The Morgan fingerprint density at radius 1 is 0.365 bits per heavy atom. The van der Waals surface area contributed by atoms with Gasteiger partial charge in [0.2, 0.25) is 0 Å². The van der Waals surface area contributed by atoms with E-state index in [0.29, 0.717) is 51.7 Å². The molecule has 2 heterocycles. The second kappa shape index (κ2) is 24.3. The molecular weight excluding hydrogens is 664 g/mol. The lowest BCUT2D eigenvalue weighted by atomic mass is 9.79. The van der Waals surface area contributed by atoms with Crippen LogP contribution < -0.4 is 0 Å². The van der Waals surface area contributed by atoms with E-state index < -0.39 is 23.7 Å². The van der Waals surface area contributed by atoms with Crippen LogP contribution in [0.4, 0.5) is 0 Å². The summed E-state index contributed by atoms with van der Waals surface area (Å²) in [5.41, 5.74) is 0. The Morgan fingerprint density at radius 3 is 0.827 bits per heavy atom. The maximum atomic E-state index is 13.1. The molecule has 8 unspecified atom stereocenters. The van der Waals surface area contributed by atoms with Crippen molar-refractivity contribution in [2.75, 3.05) is 26.4 Å². The van der Waals surface area contributed by atoms with E-state index in [1.54, 1.807) is 0 Å². The van der Waals surface area contributed by atoms with Crippen LogP contribution in [0.15, 0.2) is 0 Å². The topological polar surface area (TPSA) is 130 Å². The lowest BCUT2D eigenvalue weighted by Crippen LogP contribution is -2.38. The van der Waals surface area contributed by atoms with Gasteiger partial charge >= 0.3 is 23.9 Å². The van der Waals surface area contributed by atoms with Gasteiger partial charge in [0.1, 0.15) is 0 Å². The third-order valence-electron chi connectivity index (χ3n) is 11.5. The third-order valence-corrected chi connectivity index (χ3v) is 11.5. The Morgan fingerprint density at radius 2 is 0.577 bits per heavy atom. The largest absolute Gasteiger partial charge is 0.465 e. The van der Waals surface area contributed by atoms with Gasteiger partial charge in [0.05, 0.1) is 74.5 Å². The Bertz CT molecular complexity index is 981. The van der Waals surface area contributed by atoms with Crippen LogP contribution >= 0.6 is 0 Å². The SMILES string of the molecule is CCCCCCCCCCCOC(=O)C1CC2OC2CC1C(=O)OCCCCOC(=O)C1CC2OC2CC1C(=O)OCCCCCCCCCCC. The highest BCUT2D eigenvalue weighted by atomic mass is 16.6. The zero-order valence-corrected chi connectivity index (χ0v) is 32.5. The maximum absolute atomic E-state index is 13.1. The van der Waals surface area contributed by atoms with Crippen LogP contribution in [0.1, 0.15) is 168 Å². The number of epoxide rings is 2. The Hall–Kier alpha value is -2.20. The summed E-state index contributed by atoms with van der Waals surface area (Å²) < 4.78 is 33.7. The van der Waals surface area contributed by atoms with Crippen molar-refractivity contribution in [3.8, 4) is 0 Å². The first kappa shape index (κ1) is 42.5. The summed E-state index contributed by atoms with van der Waals surface area (Å²) in [5, 5.41) is 0. The van der Waals surface area contributed by atoms with Crippen molar-refractivity contribution < 1.29 is 47.6 Å². The molecule has 298 valence electrons. The molecule has 10 nitrogen and oxygen atoms in total. The number of fused-ring (bicyclic) bond motifs is 2. The predicted octanol–water partition coefficient (Wildman–Crippen LogP) is 8.59. The Labute approximate surface area is 313 Å². The van der Waals surface area contributed by atoms with Crippen molar-refractivity contribution >= 4 is 23.9 Å². The van der Waals surface area contributed by atoms with Crippen LogP contribution in [0.5, 0.6) is 0 Å². The number of hydrogen-bond donors (Lipinski definition) is 0. The number of carbonyl (C=O) groups excluding carboxylic acids is 4. The first-order valence-corrected chi connectivity index (χ1v) is 21.4. The van der Waals surface area contributed by atoms with Crippen LogP contribution in [0.25, 0.3) is 0 Å². The highest BCUT2D eigenvalue weighted by Gasteiger charge is 2.54. The lowest BCUT2D eigenvalue weighted by molar-refractivity contribution is -0.163. The van der Waals surface area contributed by atoms with E-state index in [-0.39, 0.29) is 61.5 Å². The number of esters is 4. The summed E-state index contributed by atoms with van der Waals surface area (Å²) in [7, 11) is 0. The molecule has 0 spiro atoms. The van der Waals surface area contributed by atoms with Crippen LogP contribution in [0.2, 0.25) is 0 Å². The van der Waals surface area contributed by atoms with Crippen molar-refractivity contribution in [3.05, 3.63) is 0 Å². The van der Waals surface area contributed by atoms with Crippen molar-refractivity contribution in [1.82, 2.24) is 0 Å². The molecule has 0 aromatic carbocycles. The van der Waals surface area contributed by atoms with E-state index in [2.05, 4.69) is 13.8 Å². The summed E-state index contributed by atoms with van der Waals surface area (Å²) >= 11 is 0. The molecule has 0 N–H and O–H groups in total. The van der Waals surface area contributed by atoms with E-state index in [4.69, 9.17) is 28.4 Å². The average molecular weight is 735 g/mol. The van der Waals surface area contributed by atoms with Gasteiger partial charge in [0.15, 0.2) is 0 Å². The molecule has 0 amide bonds. The van der Waals surface area contributed by atoms with Gasteiger partial charge in [-0.1, -0.05) is 117 Å². The van der Waals surface area contributed by atoms with E-state index in [1.165, 1.54) is 77.0 Å². The zero-order valence-electron chi connectivity index (χ0n) is 32.5. The summed E-state index contributed by atoms with van der Waals surface area (Å²) in [6, 6.07) is 0. The van der Waals surface area contributed by atoms with Gasteiger partial charge in [-0.15, -0.1) is 0 Å². The molecule has 2 aliphatic carbocycles. The summed E-state index contributed by atoms with van der Waals surface area (Å²) in [6.45, 7) is 5.58. The first-order valence-electron chi connectivity index (χ1n) is 21.4. The fraction of sp³-hybridized carbons (Fsp3) is 0.905. The molecule has 2 saturated carbocycles. The number of rotatable bonds is 29. The van der Waals surface area contributed by atoms with Gasteiger partial charge in [-0.2, -0.15) is 0 Å². The Kier molecular flexibility index (Phi) is 19.8. The van der Waals surface area contributed by atoms with Gasteiger partial charge in [-0.25, -0.2) is 0 Å². The molecule has 8 atom stereocenters. The molecule has 4 rings (SSSR count). The summed E-state index contributed by atoms with van der Waals surface area (Å²) in [6.07, 6.45) is 24.6. The highest BCUT2D eigenvalue weighted by molar-refractivity contribution is 5.83. The molecule has 2 saturated heterocycles. The summed E-state index contributed by atoms with van der Waals surface area (Å²) in [5.74, 6) is -3.61. The monoisotopic (exact) mass is 734 g/mol. The molecule has 0 bridgehead atoms. The van der Waals surface area contributed by atoms with Crippen molar-refractivity contribution in [3.63, 3.8) is 0 Å². The van der Waals surface area contributed by atoms with Crippen LogP contribution in [0, 0.1) is 23.7 Å². The van der Waals surface area contributed by atoms with Crippen LogP contribution in [0.3, 0.4) is 0 Å². The third kappa shape index (κ3) is 15.3. The van der Waals surface area contributed by atoms with E-state index in [1.807, 2.05) is 0 Å². The van der Waals surface area contributed by atoms with E-state index in [9.17, 15) is 19.2 Å². The number of ether oxygens (including phenoxy) is 6. The molecule has 0 radical (unpaired) electrons. The van der Waals surface area contributed by atoms with Gasteiger partial charge in [-0.3, -0.25) is 19.2 Å². The number of unbranched alkanes of at least 4 members (excludes halogenated alkanes) is 17. The minimum atomic E-state index is -0.561. The molecule has 0 aromatic rings. The van der Waals surface area contributed by atoms with E-state index >= 15 is 0 Å². The van der Waals surface area contributed by atoms with Gasteiger partial charge < -0.3 is 28.4 Å². The normalized spacial score (nSPS) is 27.2. The fourth-order valence-corrected chi connectivity index (χ4v) is 8.04. The molecule has 2 aliphatic heterocycles. The molecule has 10 heteroatoms. The molecule has 4 aliphatic rings. The standard InChI is InChI=1S/C42H70O10/c1-3-5-7-9-11-13-15-17-19-23-47-39(43)31-27-35-37(51-35)29-33(31)41(45)49-25-21-22-26-50-42(46)34-30-38-36(52-38)28-32(34)40(44)48-24-20-18-16-14-12-10-8-6-4-2/h31-38H,3-30H2,1-2H3. The average Bonchev–Trinajstić information content (AvgIpc) is 4.08. The molecule has 52 heavy (non-hydrogen) atoms. The zero-order chi connectivity index (χ0) is 37.0. The van der Waals surface area contributed by atoms with Crippen molar-refractivity contribution in [1.29, 1.82) is 0 Å². The Balaban J connectivity index is 1.06. The van der Waals surface area contributed by atoms with Gasteiger partial charge in [0.25, 0.3) is 0 Å². The molecule has 0 aromatic heterocycles. The van der Waals surface area contributed by atoms with Crippen molar-refractivity contribution in [2.24, 2.45) is 23.7 Å². The second-order valence-electron chi connectivity index (χ2n) is 15.8. The number of carbonyl (C=O) groups is 4. The predicted molar refractivity (Wildman–Crippen MR) is 197 cm³/mol. The minimum absolute atomic E-state index is 0.0189.